The summed E-state index contributed by atoms with van der Waals surface area (Å²) in [6, 6.07) is 4.96. The molecular weight excluding hydrogens is 274 g/mol. The van der Waals surface area contributed by atoms with Gasteiger partial charge in [0.05, 0.1) is 5.56 Å². The highest BCUT2D eigenvalue weighted by atomic mass is 16.4. The normalized spacial score (nSPS) is 13.8. The zero-order valence-electron chi connectivity index (χ0n) is 11.0. The topological polar surface area (TPSA) is 106 Å². The number of carboxylic acids is 1. The van der Waals surface area contributed by atoms with Crippen LogP contribution in [0.2, 0.25) is 0 Å². The van der Waals surface area contributed by atoms with Crippen LogP contribution in [0.3, 0.4) is 0 Å². The van der Waals surface area contributed by atoms with Crippen LogP contribution in [-0.2, 0) is 13.0 Å². The number of fused-ring (bicyclic) bond motifs is 1. The maximum absolute atomic E-state index is 12.3. The fourth-order valence-corrected chi connectivity index (χ4v) is 2.48. The number of hydrogen-bond donors (Lipinski definition) is 3. The lowest BCUT2D eigenvalue weighted by atomic mass is 9.97. The van der Waals surface area contributed by atoms with Crippen molar-refractivity contribution in [3.63, 3.8) is 0 Å². The molecule has 0 fully saturated rings. The second kappa shape index (κ2) is 4.93. The van der Waals surface area contributed by atoms with Gasteiger partial charge < -0.3 is 20.0 Å². The number of nitrogens with one attached hydrogen (secondary N) is 2. The van der Waals surface area contributed by atoms with Gasteiger partial charge in [0.15, 0.2) is 0 Å². The average Bonchev–Trinajstić information content (AvgIpc) is 2.91. The third-order valence-electron chi connectivity index (χ3n) is 3.58. The van der Waals surface area contributed by atoms with Gasteiger partial charge in [0.25, 0.3) is 5.91 Å². The summed E-state index contributed by atoms with van der Waals surface area (Å²) in [4.78, 5) is 40.7. The van der Waals surface area contributed by atoms with Gasteiger partial charge in [0, 0.05) is 19.3 Å². The Morgan fingerprint density at radius 3 is 2.71 bits per heavy atom. The summed E-state index contributed by atoms with van der Waals surface area (Å²) in [7, 11) is 0. The van der Waals surface area contributed by atoms with Gasteiger partial charge in [-0.3, -0.25) is 4.79 Å². The molecule has 0 atom stereocenters. The number of aromatic amines is 2. The number of carbonyl (C=O) groups is 2. The van der Waals surface area contributed by atoms with Crippen LogP contribution in [0.25, 0.3) is 0 Å². The molecule has 0 bridgehead atoms. The molecule has 0 saturated heterocycles. The van der Waals surface area contributed by atoms with Crippen molar-refractivity contribution in [3.8, 4) is 0 Å². The van der Waals surface area contributed by atoms with Gasteiger partial charge in [-0.2, -0.15) is 0 Å². The number of aromatic nitrogens is 2. The summed E-state index contributed by atoms with van der Waals surface area (Å²) in [6.45, 7) is 0.869. The molecule has 108 valence electrons. The van der Waals surface area contributed by atoms with E-state index in [4.69, 9.17) is 5.11 Å². The van der Waals surface area contributed by atoms with Crippen molar-refractivity contribution in [2.75, 3.05) is 6.54 Å². The minimum atomic E-state index is -0.990. The fraction of sp³-hybridized carbons (Fsp3) is 0.214. The summed E-state index contributed by atoms with van der Waals surface area (Å²) >= 11 is 0. The molecule has 1 aromatic carbocycles. The molecule has 0 aliphatic carbocycles. The molecular formula is C14H13N3O4. The number of carbonyl (C=O) groups excluding carboxylic acids is 1. The molecule has 2 aromatic rings. The molecule has 0 radical (unpaired) electrons. The van der Waals surface area contributed by atoms with Crippen molar-refractivity contribution in [1.29, 1.82) is 0 Å². The van der Waals surface area contributed by atoms with E-state index in [-0.39, 0.29) is 17.2 Å². The van der Waals surface area contributed by atoms with Crippen molar-refractivity contribution in [1.82, 2.24) is 14.9 Å². The van der Waals surface area contributed by atoms with Crippen LogP contribution in [0.15, 0.2) is 29.2 Å². The molecule has 3 rings (SSSR count). The zero-order valence-corrected chi connectivity index (χ0v) is 11.0. The fourth-order valence-electron chi connectivity index (χ4n) is 2.48. The Balaban J connectivity index is 1.86. The minimum Gasteiger partial charge on any atom is -0.478 e. The van der Waals surface area contributed by atoms with E-state index >= 15 is 0 Å². The molecule has 2 heterocycles. The van der Waals surface area contributed by atoms with Gasteiger partial charge in [-0.15, -0.1) is 0 Å². The van der Waals surface area contributed by atoms with Crippen molar-refractivity contribution >= 4 is 11.9 Å². The summed E-state index contributed by atoms with van der Waals surface area (Å²) in [5, 5.41) is 9.02. The van der Waals surface area contributed by atoms with Crippen molar-refractivity contribution in [3.05, 3.63) is 57.3 Å². The lowest BCUT2D eigenvalue weighted by molar-refractivity contribution is 0.0696. The van der Waals surface area contributed by atoms with E-state index in [9.17, 15) is 14.4 Å². The lowest BCUT2D eigenvalue weighted by Gasteiger charge is -2.28. The standard InChI is InChI=1S/C14H13N3O4/c18-12(11-6-15-14(21)16-11)17-4-3-8-1-2-9(13(19)20)5-10(8)7-17/h1-2,5-6H,3-4,7H2,(H,19,20)(H2,15,16,21). The van der Waals surface area contributed by atoms with E-state index in [1.54, 1.807) is 23.1 Å². The molecule has 7 heteroatoms. The van der Waals surface area contributed by atoms with E-state index in [2.05, 4.69) is 9.97 Å². The Morgan fingerprint density at radius 1 is 1.24 bits per heavy atom. The molecule has 1 amide bonds. The highest BCUT2D eigenvalue weighted by molar-refractivity contribution is 5.92. The molecule has 21 heavy (non-hydrogen) atoms. The first-order chi connectivity index (χ1) is 10.0. The third kappa shape index (κ3) is 2.45. The van der Waals surface area contributed by atoms with Crippen LogP contribution in [0.5, 0.6) is 0 Å². The third-order valence-corrected chi connectivity index (χ3v) is 3.58. The number of aromatic carboxylic acids is 1. The second-order valence-corrected chi connectivity index (χ2v) is 4.92. The monoisotopic (exact) mass is 287 g/mol. The Labute approximate surface area is 119 Å². The highest BCUT2D eigenvalue weighted by Gasteiger charge is 2.23. The van der Waals surface area contributed by atoms with Gasteiger partial charge in [-0.1, -0.05) is 6.07 Å². The first kappa shape index (κ1) is 13.2. The predicted molar refractivity (Wildman–Crippen MR) is 73.3 cm³/mol. The summed E-state index contributed by atoms with van der Waals surface area (Å²) < 4.78 is 0. The van der Waals surface area contributed by atoms with Gasteiger partial charge in [-0.25, -0.2) is 9.59 Å². The largest absolute Gasteiger partial charge is 0.478 e. The van der Waals surface area contributed by atoms with Gasteiger partial charge in [0.1, 0.15) is 5.69 Å². The maximum Gasteiger partial charge on any atom is 0.335 e. The van der Waals surface area contributed by atoms with E-state index in [1.807, 2.05) is 0 Å². The first-order valence-corrected chi connectivity index (χ1v) is 6.46. The van der Waals surface area contributed by atoms with Gasteiger partial charge in [0.2, 0.25) is 0 Å². The van der Waals surface area contributed by atoms with Crippen LogP contribution in [-0.4, -0.2) is 38.4 Å². The Hall–Kier alpha value is -2.83. The van der Waals surface area contributed by atoms with E-state index in [0.717, 1.165) is 11.1 Å². The molecule has 0 spiro atoms. The van der Waals surface area contributed by atoms with Crippen LogP contribution in [0.1, 0.15) is 32.0 Å². The molecule has 1 aromatic heterocycles. The molecule has 1 aliphatic heterocycles. The maximum atomic E-state index is 12.3. The second-order valence-electron chi connectivity index (χ2n) is 4.92. The number of nitrogens with zero attached hydrogens (tertiary/aromatic N) is 1. The smallest absolute Gasteiger partial charge is 0.335 e. The molecule has 7 nitrogen and oxygen atoms in total. The van der Waals surface area contributed by atoms with E-state index in [0.29, 0.717) is 19.5 Å². The van der Waals surface area contributed by atoms with Crippen LogP contribution >= 0.6 is 0 Å². The van der Waals surface area contributed by atoms with Crippen LogP contribution in [0, 0.1) is 0 Å². The first-order valence-electron chi connectivity index (χ1n) is 6.46. The summed E-state index contributed by atoms with van der Waals surface area (Å²) in [5.41, 5.74) is 1.86. The quantitative estimate of drug-likeness (QED) is 0.752. The van der Waals surface area contributed by atoms with Crippen molar-refractivity contribution in [2.24, 2.45) is 0 Å². The molecule has 3 N–H and O–H groups in total. The van der Waals surface area contributed by atoms with E-state index < -0.39 is 11.7 Å². The summed E-state index contributed by atoms with van der Waals surface area (Å²) in [5.74, 6) is -1.27. The van der Waals surface area contributed by atoms with Crippen molar-refractivity contribution < 1.29 is 14.7 Å². The lowest BCUT2D eigenvalue weighted by Crippen LogP contribution is -2.36. The molecule has 0 saturated carbocycles. The zero-order chi connectivity index (χ0) is 15.0. The van der Waals surface area contributed by atoms with Gasteiger partial charge in [-0.05, 0) is 29.7 Å². The molecule has 1 aliphatic rings. The number of imidazole rings is 1. The van der Waals surface area contributed by atoms with Crippen LogP contribution < -0.4 is 5.69 Å². The van der Waals surface area contributed by atoms with E-state index in [1.165, 1.54) is 6.20 Å². The summed E-state index contributed by atoms with van der Waals surface area (Å²) in [6.07, 6.45) is 2.00. The average molecular weight is 287 g/mol. The highest BCUT2D eigenvalue weighted by Crippen LogP contribution is 2.21. The number of amides is 1. The Kier molecular flexibility index (Phi) is 3.09. The van der Waals surface area contributed by atoms with Gasteiger partial charge >= 0.3 is 11.7 Å². The Bertz CT molecular complexity index is 775. The number of benzene rings is 1. The predicted octanol–water partition coefficient (Wildman–Crippen LogP) is 0.600. The van der Waals surface area contributed by atoms with Crippen molar-refractivity contribution in [2.45, 2.75) is 13.0 Å². The Morgan fingerprint density at radius 2 is 2.05 bits per heavy atom. The van der Waals surface area contributed by atoms with Crippen LogP contribution in [0.4, 0.5) is 0 Å². The number of rotatable bonds is 2. The number of carboxylic acid groups (broad SMARTS) is 1. The minimum absolute atomic E-state index is 0.206. The molecule has 0 unspecified atom stereocenters. The number of hydrogen-bond acceptors (Lipinski definition) is 3. The number of H-pyrrole nitrogens is 2. The SMILES string of the molecule is O=C(O)c1ccc2c(c1)CN(C(=O)c1c[nH]c(=O)[nH]1)CC2.